The topological polar surface area (TPSA) is 88.5 Å². The van der Waals surface area contributed by atoms with Crippen LogP contribution in [0, 0.1) is 0 Å². The molecule has 1 aromatic carbocycles. The molecule has 0 aliphatic heterocycles. The van der Waals surface area contributed by atoms with Crippen molar-refractivity contribution in [1.82, 2.24) is 4.98 Å². The molecule has 0 atom stereocenters. The number of hydrogen-bond donors (Lipinski definition) is 2. The lowest BCUT2D eigenvalue weighted by molar-refractivity contribution is -0.136. The molecule has 21 heavy (non-hydrogen) atoms. The Morgan fingerprint density at radius 3 is 2.62 bits per heavy atom. The van der Waals surface area contributed by atoms with E-state index in [0.29, 0.717) is 5.56 Å². The predicted octanol–water partition coefficient (Wildman–Crippen LogP) is 2.46. The van der Waals surface area contributed by atoms with Gasteiger partial charge in [0.2, 0.25) is 0 Å². The van der Waals surface area contributed by atoms with Gasteiger partial charge in [-0.25, -0.2) is 9.78 Å². The molecule has 1 amide bonds. The molecule has 0 spiro atoms. The van der Waals surface area contributed by atoms with Crippen LogP contribution < -0.4 is 5.32 Å². The predicted molar refractivity (Wildman–Crippen MR) is 75.8 cm³/mol. The second-order valence-electron chi connectivity index (χ2n) is 4.27. The summed E-state index contributed by atoms with van der Waals surface area (Å²) in [4.78, 5) is 26.4. The fraction of sp³-hybridized carbons (Fsp3) is 0.133. The van der Waals surface area contributed by atoms with Crippen LogP contribution in [-0.4, -0.2) is 22.2 Å². The molecule has 108 valence electrons. The van der Waals surface area contributed by atoms with Crippen molar-refractivity contribution in [2.75, 3.05) is 5.32 Å². The van der Waals surface area contributed by atoms with Crippen LogP contribution in [0.1, 0.15) is 11.1 Å². The largest absolute Gasteiger partial charge is 0.481 e. The maximum Gasteiger partial charge on any atom is 0.413 e. The third-order valence-electron chi connectivity index (χ3n) is 2.67. The third-order valence-corrected chi connectivity index (χ3v) is 2.67. The van der Waals surface area contributed by atoms with Gasteiger partial charge in [-0.2, -0.15) is 0 Å². The van der Waals surface area contributed by atoms with Gasteiger partial charge >= 0.3 is 12.1 Å². The van der Waals surface area contributed by atoms with E-state index in [2.05, 4.69) is 10.3 Å². The number of carbonyl (C=O) groups is 2. The van der Waals surface area contributed by atoms with Crippen molar-refractivity contribution < 1.29 is 19.4 Å². The summed E-state index contributed by atoms with van der Waals surface area (Å²) in [6.07, 6.45) is 0.574. The van der Waals surface area contributed by atoms with Gasteiger partial charge in [0.1, 0.15) is 12.4 Å². The molecule has 0 bridgehead atoms. The van der Waals surface area contributed by atoms with E-state index in [1.807, 2.05) is 30.3 Å². The SMILES string of the molecule is O=C(O)Cc1cccnc1NC(=O)OCc1ccccc1. The monoisotopic (exact) mass is 286 g/mol. The van der Waals surface area contributed by atoms with E-state index < -0.39 is 12.1 Å². The van der Waals surface area contributed by atoms with E-state index in [0.717, 1.165) is 5.56 Å². The molecule has 6 heteroatoms. The first-order valence-corrected chi connectivity index (χ1v) is 6.28. The number of aromatic nitrogens is 1. The minimum absolute atomic E-state index is 0.133. The molecule has 2 aromatic rings. The van der Waals surface area contributed by atoms with E-state index in [9.17, 15) is 9.59 Å². The Hall–Kier alpha value is -2.89. The van der Waals surface area contributed by atoms with Crippen LogP contribution >= 0.6 is 0 Å². The average Bonchev–Trinajstić information content (AvgIpc) is 2.48. The molecule has 0 unspecified atom stereocenters. The van der Waals surface area contributed by atoms with Gasteiger partial charge in [-0.1, -0.05) is 36.4 Å². The Balaban J connectivity index is 1.95. The highest BCUT2D eigenvalue weighted by Gasteiger charge is 2.11. The fourth-order valence-electron chi connectivity index (χ4n) is 1.71. The molecular formula is C15H14N2O4. The van der Waals surface area contributed by atoms with Crippen LogP contribution in [0.3, 0.4) is 0 Å². The summed E-state index contributed by atoms with van der Waals surface area (Å²) in [5.41, 5.74) is 1.28. The number of amides is 1. The summed E-state index contributed by atoms with van der Waals surface area (Å²) in [5, 5.41) is 11.3. The van der Waals surface area contributed by atoms with Crippen molar-refractivity contribution in [3.05, 3.63) is 59.8 Å². The van der Waals surface area contributed by atoms with Crippen molar-refractivity contribution in [3.63, 3.8) is 0 Å². The Morgan fingerprint density at radius 2 is 1.90 bits per heavy atom. The highest BCUT2D eigenvalue weighted by atomic mass is 16.5. The third kappa shape index (κ3) is 4.61. The highest BCUT2D eigenvalue weighted by Crippen LogP contribution is 2.13. The minimum atomic E-state index is -0.997. The van der Waals surface area contributed by atoms with Crippen molar-refractivity contribution in [2.24, 2.45) is 0 Å². The van der Waals surface area contributed by atoms with Gasteiger partial charge in [0.15, 0.2) is 0 Å². The summed E-state index contributed by atoms with van der Waals surface area (Å²) >= 11 is 0. The van der Waals surface area contributed by atoms with Crippen molar-refractivity contribution in [2.45, 2.75) is 13.0 Å². The lowest BCUT2D eigenvalue weighted by Crippen LogP contribution is -2.16. The van der Waals surface area contributed by atoms with Crippen LogP contribution in [0.5, 0.6) is 0 Å². The van der Waals surface area contributed by atoms with E-state index in [-0.39, 0.29) is 18.8 Å². The zero-order valence-electron chi connectivity index (χ0n) is 11.2. The van der Waals surface area contributed by atoms with Gasteiger partial charge in [-0.3, -0.25) is 10.1 Å². The van der Waals surface area contributed by atoms with Crippen molar-refractivity contribution in [1.29, 1.82) is 0 Å². The molecule has 2 rings (SSSR count). The average molecular weight is 286 g/mol. The maximum absolute atomic E-state index is 11.7. The molecule has 0 aliphatic rings. The second kappa shape index (κ2) is 7.04. The number of carboxylic acids is 1. The number of aliphatic carboxylic acids is 1. The number of carbonyl (C=O) groups excluding carboxylic acids is 1. The summed E-state index contributed by atoms with van der Waals surface area (Å²) in [5.74, 6) is -0.804. The highest BCUT2D eigenvalue weighted by molar-refractivity contribution is 5.85. The normalized spacial score (nSPS) is 9.90. The van der Waals surface area contributed by atoms with Crippen LogP contribution in [0.25, 0.3) is 0 Å². The van der Waals surface area contributed by atoms with Crippen LogP contribution in [-0.2, 0) is 22.6 Å². The molecule has 0 aliphatic carbocycles. The zero-order valence-corrected chi connectivity index (χ0v) is 11.2. The number of anilines is 1. The molecule has 6 nitrogen and oxygen atoms in total. The number of rotatable bonds is 5. The first kappa shape index (κ1) is 14.5. The number of nitrogens with zero attached hydrogens (tertiary/aromatic N) is 1. The summed E-state index contributed by atoms with van der Waals surface area (Å²) < 4.78 is 5.05. The summed E-state index contributed by atoms with van der Waals surface area (Å²) in [6.45, 7) is 0.133. The lowest BCUT2D eigenvalue weighted by atomic mass is 10.2. The minimum Gasteiger partial charge on any atom is -0.481 e. The zero-order chi connectivity index (χ0) is 15.1. The van der Waals surface area contributed by atoms with Crippen LogP contribution in [0.4, 0.5) is 10.6 Å². The van der Waals surface area contributed by atoms with E-state index >= 15 is 0 Å². The number of pyridine rings is 1. The molecule has 0 saturated carbocycles. The molecule has 0 saturated heterocycles. The van der Waals surface area contributed by atoms with Crippen molar-refractivity contribution >= 4 is 17.9 Å². The first-order valence-electron chi connectivity index (χ1n) is 6.28. The quantitative estimate of drug-likeness (QED) is 0.881. The molecule has 0 fully saturated rings. The molecule has 2 N–H and O–H groups in total. The van der Waals surface area contributed by atoms with Gasteiger partial charge in [0, 0.05) is 11.8 Å². The molecule has 0 radical (unpaired) electrons. The smallest absolute Gasteiger partial charge is 0.413 e. The van der Waals surface area contributed by atoms with Gasteiger partial charge in [0.25, 0.3) is 0 Å². The van der Waals surface area contributed by atoms with Crippen LogP contribution in [0.15, 0.2) is 48.7 Å². The second-order valence-corrected chi connectivity index (χ2v) is 4.27. The fourth-order valence-corrected chi connectivity index (χ4v) is 1.71. The molecular weight excluding hydrogens is 272 g/mol. The van der Waals surface area contributed by atoms with Gasteiger partial charge < -0.3 is 9.84 Å². The van der Waals surface area contributed by atoms with Gasteiger partial charge in [-0.15, -0.1) is 0 Å². The number of carboxylic acid groups (broad SMARTS) is 1. The maximum atomic E-state index is 11.7. The Kier molecular flexibility index (Phi) is 4.87. The summed E-state index contributed by atoms with van der Waals surface area (Å²) in [6, 6.07) is 12.4. The first-order chi connectivity index (χ1) is 10.1. The number of nitrogens with one attached hydrogen (secondary N) is 1. The Morgan fingerprint density at radius 1 is 1.14 bits per heavy atom. The Bertz CT molecular complexity index is 629. The van der Waals surface area contributed by atoms with E-state index in [1.165, 1.54) is 6.20 Å². The number of ether oxygens (including phenoxy) is 1. The number of hydrogen-bond acceptors (Lipinski definition) is 4. The standard InChI is InChI=1S/C15H14N2O4/c18-13(19)9-12-7-4-8-16-14(12)17-15(20)21-10-11-5-2-1-3-6-11/h1-8H,9-10H2,(H,18,19)(H,16,17,20). The van der Waals surface area contributed by atoms with Crippen molar-refractivity contribution in [3.8, 4) is 0 Å². The molecule has 1 aromatic heterocycles. The lowest BCUT2D eigenvalue weighted by Gasteiger charge is -2.09. The summed E-state index contributed by atoms with van der Waals surface area (Å²) in [7, 11) is 0. The van der Waals surface area contributed by atoms with E-state index in [4.69, 9.17) is 9.84 Å². The van der Waals surface area contributed by atoms with Gasteiger partial charge in [-0.05, 0) is 11.6 Å². The van der Waals surface area contributed by atoms with E-state index in [1.54, 1.807) is 12.1 Å². The van der Waals surface area contributed by atoms with Gasteiger partial charge in [0.05, 0.1) is 6.42 Å². The molecule has 1 heterocycles. The number of benzene rings is 1. The van der Waals surface area contributed by atoms with Crippen LogP contribution in [0.2, 0.25) is 0 Å². The Labute approximate surface area is 121 Å².